The van der Waals surface area contributed by atoms with Crippen molar-refractivity contribution in [3.63, 3.8) is 0 Å². The predicted octanol–water partition coefficient (Wildman–Crippen LogP) is 6.38. The fourth-order valence-electron chi connectivity index (χ4n) is 5.20. The number of hydrogen-bond donors (Lipinski definition) is 3. The highest BCUT2D eigenvalue weighted by Gasteiger charge is 2.25. The van der Waals surface area contributed by atoms with Crippen molar-refractivity contribution in [3.05, 3.63) is 67.3 Å². The molecule has 1 aromatic carbocycles. The summed E-state index contributed by atoms with van der Waals surface area (Å²) in [5.41, 5.74) is 7.28. The normalized spacial score (nSPS) is 18.8. The van der Waals surface area contributed by atoms with Crippen LogP contribution in [0.4, 0.5) is 17.3 Å². The number of nitrogens with two attached hydrogens (primary N) is 1. The summed E-state index contributed by atoms with van der Waals surface area (Å²) in [6, 6.07) is 9.73. The minimum absolute atomic E-state index is 0.0974. The molecule has 1 aliphatic rings. The van der Waals surface area contributed by atoms with Crippen molar-refractivity contribution in [1.82, 2.24) is 19.9 Å². The molecule has 1 saturated carbocycles. The topological polar surface area (TPSA) is 119 Å². The summed E-state index contributed by atoms with van der Waals surface area (Å²) in [5, 5.41) is 6.76. The number of aromatic nitrogens is 4. The summed E-state index contributed by atoms with van der Waals surface area (Å²) in [6.45, 7) is 8.54. The third-order valence-corrected chi connectivity index (χ3v) is 7.61. The van der Waals surface area contributed by atoms with Crippen molar-refractivity contribution < 1.29 is 4.79 Å². The minimum Gasteiger partial charge on any atom is -0.366 e. The number of nitrogens with one attached hydrogen (secondary N) is 2. The van der Waals surface area contributed by atoms with Gasteiger partial charge in [0.25, 0.3) is 5.91 Å². The first-order valence-electron chi connectivity index (χ1n) is 13.6. The number of rotatable bonds is 12. The second kappa shape index (κ2) is 13.1. The van der Waals surface area contributed by atoms with Gasteiger partial charge in [0.1, 0.15) is 5.82 Å². The lowest BCUT2D eigenvalue weighted by atomic mass is 9.77. The summed E-state index contributed by atoms with van der Waals surface area (Å²) >= 11 is 0. The lowest BCUT2D eigenvalue weighted by Crippen LogP contribution is -2.29. The molecule has 2 heterocycles. The number of anilines is 3. The number of primary amides is 1. The van der Waals surface area contributed by atoms with E-state index in [1.54, 1.807) is 24.7 Å². The fourth-order valence-corrected chi connectivity index (χ4v) is 5.20. The van der Waals surface area contributed by atoms with Gasteiger partial charge in [-0.3, -0.25) is 4.79 Å². The Hall–Kier alpha value is -3.81. The van der Waals surface area contributed by atoms with Gasteiger partial charge < -0.3 is 16.4 Å². The summed E-state index contributed by atoms with van der Waals surface area (Å²) in [5.74, 6) is 3.06. The highest BCUT2D eigenvalue weighted by molar-refractivity contribution is 5.96. The Balaban J connectivity index is 1.38. The first-order chi connectivity index (χ1) is 18.4. The SMILES string of the molecule is C=CC(C)CCCC(C)C1CCC(Nc2cnc(C(N)=O)c(Nc3cccc(-c4ncccn4)c3)n2)CC1. The lowest BCUT2D eigenvalue weighted by molar-refractivity contribution is 0.0996. The second-order valence-electron chi connectivity index (χ2n) is 10.5. The van der Waals surface area contributed by atoms with Crippen LogP contribution < -0.4 is 16.4 Å². The molecule has 1 fully saturated rings. The Morgan fingerprint density at radius 1 is 1.11 bits per heavy atom. The molecule has 2 unspecified atom stereocenters. The predicted molar refractivity (Wildman–Crippen MR) is 153 cm³/mol. The van der Waals surface area contributed by atoms with Crippen LogP contribution in [0, 0.1) is 17.8 Å². The highest BCUT2D eigenvalue weighted by atomic mass is 16.1. The van der Waals surface area contributed by atoms with E-state index in [0.29, 0.717) is 29.4 Å². The van der Waals surface area contributed by atoms with Gasteiger partial charge in [0.15, 0.2) is 17.3 Å². The van der Waals surface area contributed by atoms with Gasteiger partial charge in [-0.1, -0.05) is 44.9 Å². The Morgan fingerprint density at radius 3 is 2.58 bits per heavy atom. The molecule has 1 amide bonds. The van der Waals surface area contributed by atoms with Crippen LogP contribution in [0.1, 0.15) is 69.3 Å². The standard InChI is InChI=1S/C30H39N7O/c1-4-20(2)8-5-9-21(3)22-12-14-24(15-13-22)35-26-19-34-27(28(31)38)30(37-26)36-25-11-6-10-23(18-25)29-32-16-7-17-33-29/h4,6-7,10-11,16-22,24H,1,5,8-9,12-15H2,2-3H3,(H2,31,38)(H2,35,36,37). The quantitative estimate of drug-likeness (QED) is 0.241. The molecule has 0 saturated heterocycles. The summed E-state index contributed by atoms with van der Waals surface area (Å²) < 4.78 is 0. The van der Waals surface area contributed by atoms with Crippen molar-refractivity contribution in [1.29, 1.82) is 0 Å². The number of nitrogens with zero attached hydrogens (tertiary/aromatic N) is 4. The van der Waals surface area contributed by atoms with E-state index in [9.17, 15) is 4.79 Å². The highest BCUT2D eigenvalue weighted by Crippen LogP contribution is 2.34. The van der Waals surface area contributed by atoms with Gasteiger partial charge in [-0.25, -0.2) is 19.9 Å². The Bertz CT molecular complexity index is 1210. The molecule has 0 spiro atoms. The zero-order valence-corrected chi connectivity index (χ0v) is 22.4. The maximum absolute atomic E-state index is 12.1. The van der Waals surface area contributed by atoms with Crippen molar-refractivity contribution >= 4 is 23.2 Å². The first-order valence-corrected chi connectivity index (χ1v) is 13.6. The van der Waals surface area contributed by atoms with Gasteiger partial charge in [0.05, 0.1) is 6.20 Å². The van der Waals surface area contributed by atoms with E-state index in [1.165, 1.54) is 32.1 Å². The van der Waals surface area contributed by atoms with E-state index in [2.05, 4.69) is 57.1 Å². The number of benzene rings is 1. The number of carbonyl (C=O) groups is 1. The first kappa shape index (κ1) is 27.2. The molecule has 3 aromatic rings. The van der Waals surface area contributed by atoms with E-state index < -0.39 is 5.91 Å². The largest absolute Gasteiger partial charge is 0.366 e. The average Bonchev–Trinajstić information content (AvgIpc) is 2.94. The van der Waals surface area contributed by atoms with Crippen molar-refractivity contribution in [3.8, 4) is 11.4 Å². The second-order valence-corrected chi connectivity index (χ2v) is 10.5. The van der Waals surface area contributed by atoms with Crippen molar-refractivity contribution in [2.45, 2.75) is 64.8 Å². The number of allylic oxidation sites excluding steroid dienone is 1. The van der Waals surface area contributed by atoms with Gasteiger partial charge in [0, 0.05) is 29.7 Å². The summed E-state index contributed by atoms with van der Waals surface area (Å²) in [7, 11) is 0. The molecular formula is C30H39N7O. The average molecular weight is 514 g/mol. The Kier molecular flexibility index (Phi) is 9.40. The Morgan fingerprint density at radius 2 is 1.87 bits per heavy atom. The molecule has 0 bridgehead atoms. The molecule has 0 radical (unpaired) electrons. The molecule has 1 aliphatic carbocycles. The Labute approximate surface area is 225 Å². The van der Waals surface area contributed by atoms with Crippen LogP contribution in [0.3, 0.4) is 0 Å². The van der Waals surface area contributed by atoms with Crippen LogP contribution in [0.2, 0.25) is 0 Å². The van der Waals surface area contributed by atoms with Gasteiger partial charge in [-0.2, -0.15) is 0 Å². The molecule has 38 heavy (non-hydrogen) atoms. The van der Waals surface area contributed by atoms with E-state index in [4.69, 9.17) is 5.73 Å². The van der Waals surface area contributed by atoms with E-state index in [-0.39, 0.29) is 5.69 Å². The summed E-state index contributed by atoms with van der Waals surface area (Å²) in [4.78, 5) is 29.7. The zero-order chi connectivity index (χ0) is 26.9. The smallest absolute Gasteiger partial charge is 0.271 e. The maximum Gasteiger partial charge on any atom is 0.271 e. The maximum atomic E-state index is 12.1. The zero-order valence-electron chi connectivity index (χ0n) is 22.4. The molecule has 200 valence electrons. The van der Waals surface area contributed by atoms with Crippen LogP contribution >= 0.6 is 0 Å². The third kappa shape index (κ3) is 7.37. The molecular weight excluding hydrogens is 474 g/mol. The molecule has 8 heteroatoms. The van der Waals surface area contributed by atoms with E-state index in [1.807, 2.05) is 24.3 Å². The van der Waals surface area contributed by atoms with Crippen LogP contribution in [0.15, 0.2) is 61.6 Å². The lowest BCUT2D eigenvalue weighted by Gasteiger charge is -2.33. The van der Waals surface area contributed by atoms with Crippen molar-refractivity contribution in [2.24, 2.45) is 23.5 Å². The van der Waals surface area contributed by atoms with Crippen LogP contribution in [0.25, 0.3) is 11.4 Å². The molecule has 2 aromatic heterocycles. The third-order valence-electron chi connectivity index (χ3n) is 7.61. The monoisotopic (exact) mass is 513 g/mol. The molecule has 4 rings (SSSR count). The molecule has 0 aliphatic heterocycles. The number of hydrogen-bond acceptors (Lipinski definition) is 7. The molecule has 8 nitrogen and oxygen atoms in total. The van der Waals surface area contributed by atoms with Gasteiger partial charge in [0.2, 0.25) is 0 Å². The van der Waals surface area contributed by atoms with Crippen LogP contribution in [0.5, 0.6) is 0 Å². The fraction of sp³-hybridized carbons (Fsp3) is 0.433. The van der Waals surface area contributed by atoms with E-state index >= 15 is 0 Å². The van der Waals surface area contributed by atoms with Gasteiger partial charge >= 0.3 is 0 Å². The number of amides is 1. The van der Waals surface area contributed by atoms with Gasteiger partial charge in [-0.15, -0.1) is 6.58 Å². The van der Waals surface area contributed by atoms with Crippen LogP contribution in [-0.2, 0) is 0 Å². The van der Waals surface area contributed by atoms with Crippen molar-refractivity contribution in [2.75, 3.05) is 10.6 Å². The van der Waals surface area contributed by atoms with E-state index in [0.717, 1.165) is 35.9 Å². The minimum atomic E-state index is -0.633. The number of carbonyl (C=O) groups excluding carboxylic acids is 1. The van der Waals surface area contributed by atoms with Gasteiger partial charge in [-0.05, 0) is 68.1 Å². The molecule has 4 N–H and O–H groups in total. The van der Waals surface area contributed by atoms with Crippen LogP contribution in [-0.4, -0.2) is 31.9 Å². The molecule has 2 atom stereocenters. The summed E-state index contributed by atoms with van der Waals surface area (Å²) in [6.07, 6.45) is 15.4.